The van der Waals surface area contributed by atoms with Crippen molar-refractivity contribution in [2.24, 2.45) is 5.92 Å². The molecule has 1 saturated heterocycles. The molecule has 0 saturated carbocycles. The smallest absolute Gasteiger partial charge is 0.410 e. The summed E-state index contributed by atoms with van der Waals surface area (Å²) in [5.74, 6) is 0.605. The highest BCUT2D eigenvalue weighted by molar-refractivity contribution is 7.10. The minimum absolute atomic E-state index is 0.159. The summed E-state index contributed by atoms with van der Waals surface area (Å²) in [5.41, 5.74) is -0.456. The van der Waals surface area contributed by atoms with Gasteiger partial charge in [0, 0.05) is 31.6 Å². The third-order valence-electron chi connectivity index (χ3n) is 4.13. The van der Waals surface area contributed by atoms with Crippen molar-refractivity contribution >= 4 is 23.3 Å². The standard InChI is InChI=1S/C18H28N2O3S/c1-18(2,3)23-17(22)20-9-7-14(8-10-20)13-19(4)16(21)12-15-6-5-11-24-15/h5-6,11,14H,7-10,12-13H2,1-4H3. The van der Waals surface area contributed by atoms with Crippen LogP contribution in [0.5, 0.6) is 0 Å². The number of hydrogen-bond acceptors (Lipinski definition) is 4. The Hall–Kier alpha value is -1.56. The number of carbonyl (C=O) groups excluding carboxylic acids is 2. The van der Waals surface area contributed by atoms with Crippen LogP contribution in [0.3, 0.4) is 0 Å². The average molecular weight is 353 g/mol. The molecule has 1 fully saturated rings. The number of carbonyl (C=O) groups is 2. The van der Waals surface area contributed by atoms with Gasteiger partial charge in [0.05, 0.1) is 6.42 Å². The molecule has 24 heavy (non-hydrogen) atoms. The van der Waals surface area contributed by atoms with E-state index in [0.29, 0.717) is 25.4 Å². The Kier molecular flexibility index (Phi) is 6.27. The lowest BCUT2D eigenvalue weighted by Gasteiger charge is -2.34. The van der Waals surface area contributed by atoms with E-state index in [1.807, 2.05) is 50.2 Å². The highest BCUT2D eigenvalue weighted by Gasteiger charge is 2.27. The van der Waals surface area contributed by atoms with Gasteiger partial charge < -0.3 is 14.5 Å². The van der Waals surface area contributed by atoms with Crippen LogP contribution in [0, 0.1) is 5.92 Å². The zero-order chi connectivity index (χ0) is 17.7. The third-order valence-corrected chi connectivity index (χ3v) is 5.01. The van der Waals surface area contributed by atoms with Gasteiger partial charge in [-0.3, -0.25) is 4.79 Å². The maximum Gasteiger partial charge on any atom is 0.410 e. The van der Waals surface area contributed by atoms with Gasteiger partial charge in [0.15, 0.2) is 0 Å². The second-order valence-electron chi connectivity index (χ2n) is 7.44. The van der Waals surface area contributed by atoms with E-state index < -0.39 is 5.60 Å². The summed E-state index contributed by atoms with van der Waals surface area (Å²) in [5, 5.41) is 2.00. The summed E-state index contributed by atoms with van der Waals surface area (Å²) in [6.45, 7) is 7.80. The number of likely N-dealkylation sites (N-methyl/N-ethyl adjacent to an activating group) is 1. The summed E-state index contributed by atoms with van der Waals surface area (Å²) in [6, 6.07) is 3.97. The Labute approximate surface area is 148 Å². The summed E-state index contributed by atoms with van der Waals surface area (Å²) in [6.07, 6.45) is 2.07. The van der Waals surface area contributed by atoms with Gasteiger partial charge in [-0.05, 0) is 51.0 Å². The van der Waals surface area contributed by atoms with Gasteiger partial charge in [0.1, 0.15) is 5.60 Å². The van der Waals surface area contributed by atoms with Crippen LogP contribution in [0.1, 0.15) is 38.5 Å². The predicted octanol–water partition coefficient (Wildman–Crippen LogP) is 3.40. The molecule has 1 aliphatic rings. The molecule has 0 spiro atoms. The van der Waals surface area contributed by atoms with Crippen molar-refractivity contribution < 1.29 is 14.3 Å². The van der Waals surface area contributed by atoms with Crippen LogP contribution < -0.4 is 0 Å². The highest BCUT2D eigenvalue weighted by Crippen LogP contribution is 2.21. The van der Waals surface area contributed by atoms with Gasteiger partial charge in [-0.1, -0.05) is 6.07 Å². The number of rotatable bonds is 4. The molecule has 1 aliphatic heterocycles. The molecule has 0 bridgehead atoms. The van der Waals surface area contributed by atoms with Gasteiger partial charge in [-0.2, -0.15) is 0 Å². The highest BCUT2D eigenvalue weighted by atomic mass is 32.1. The van der Waals surface area contributed by atoms with Crippen LogP contribution in [0.4, 0.5) is 4.79 Å². The molecule has 1 aromatic heterocycles. The molecular weight excluding hydrogens is 324 g/mol. The lowest BCUT2D eigenvalue weighted by Crippen LogP contribution is -2.44. The van der Waals surface area contributed by atoms with Crippen molar-refractivity contribution in [2.75, 3.05) is 26.7 Å². The normalized spacial score (nSPS) is 16.1. The van der Waals surface area contributed by atoms with Gasteiger partial charge in [-0.25, -0.2) is 4.79 Å². The topological polar surface area (TPSA) is 49.9 Å². The molecular formula is C18H28N2O3S. The van der Waals surface area contributed by atoms with Crippen LogP contribution in [-0.2, 0) is 16.0 Å². The Morgan fingerprint density at radius 3 is 2.54 bits per heavy atom. The molecule has 1 aromatic rings. The Balaban J connectivity index is 1.74. The molecule has 134 valence electrons. The van der Waals surface area contributed by atoms with Crippen LogP contribution in [0.15, 0.2) is 17.5 Å². The minimum Gasteiger partial charge on any atom is -0.444 e. The summed E-state index contributed by atoms with van der Waals surface area (Å²) in [4.78, 5) is 29.0. The van der Waals surface area contributed by atoms with E-state index in [0.717, 1.165) is 24.3 Å². The summed E-state index contributed by atoms with van der Waals surface area (Å²) >= 11 is 1.62. The van der Waals surface area contributed by atoms with E-state index in [2.05, 4.69) is 0 Å². The first-order valence-corrected chi connectivity index (χ1v) is 9.37. The number of hydrogen-bond donors (Lipinski definition) is 0. The van der Waals surface area contributed by atoms with Crippen LogP contribution in [0.25, 0.3) is 0 Å². The van der Waals surface area contributed by atoms with Gasteiger partial charge >= 0.3 is 6.09 Å². The fraction of sp³-hybridized carbons (Fsp3) is 0.667. The zero-order valence-corrected chi connectivity index (χ0v) is 15.9. The largest absolute Gasteiger partial charge is 0.444 e. The summed E-state index contributed by atoms with van der Waals surface area (Å²) < 4.78 is 5.41. The van der Waals surface area contributed by atoms with Crippen molar-refractivity contribution in [3.05, 3.63) is 22.4 Å². The lowest BCUT2D eigenvalue weighted by atomic mass is 9.96. The molecule has 0 aliphatic carbocycles. The number of piperidine rings is 1. The zero-order valence-electron chi connectivity index (χ0n) is 15.1. The molecule has 0 radical (unpaired) electrons. The fourth-order valence-corrected chi connectivity index (χ4v) is 3.51. The monoisotopic (exact) mass is 352 g/mol. The van der Waals surface area contributed by atoms with Gasteiger partial charge in [-0.15, -0.1) is 11.3 Å². The number of thiophene rings is 1. The summed E-state index contributed by atoms with van der Waals surface area (Å²) in [7, 11) is 1.87. The number of ether oxygens (including phenoxy) is 1. The average Bonchev–Trinajstić information content (AvgIpc) is 2.99. The first-order chi connectivity index (χ1) is 11.2. The van der Waals surface area contributed by atoms with Crippen LogP contribution in [0.2, 0.25) is 0 Å². The molecule has 0 atom stereocenters. The van der Waals surface area contributed by atoms with Crippen LogP contribution in [-0.4, -0.2) is 54.1 Å². The Morgan fingerprint density at radius 1 is 1.33 bits per heavy atom. The van der Waals surface area contributed by atoms with Crippen molar-refractivity contribution in [1.29, 1.82) is 0 Å². The minimum atomic E-state index is -0.456. The molecule has 0 unspecified atom stereocenters. The van der Waals surface area contributed by atoms with Gasteiger partial charge in [0.2, 0.25) is 5.91 Å². The Bertz CT molecular complexity index is 543. The Morgan fingerprint density at radius 2 is 2.00 bits per heavy atom. The SMILES string of the molecule is CN(CC1CCN(C(=O)OC(C)(C)C)CC1)C(=O)Cc1cccs1. The maximum atomic E-state index is 12.3. The second-order valence-corrected chi connectivity index (χ2v) is 8.47. The fourth-order valence-electron chi connectivity index (χ4n) is 2.81. The maximum absolute atomic E-state index is 12.3. The van der Waals surface area contributed by atoms with E-state index in [9.17, 15) is 9.59 Å². The second kappa shape index (κ2) is 8.01. The third kappa shape index (κ3) is 5.82. The predicted molar refractivity (Wildman–Crippen MR) is 96.2 cm³/mol. The van der Waals surface area contributed by atoms with Crippen molar-refractivity contribution in [1.82, 2.24) is 9.80 Å². The lowest BCUT2D eigenvalue weighted by molar-refractivity contribution is -0.129. The number of nitrogens with zero attached hydrogens (tertiary/aromatic N) is 2. The first kappa shape index (κ1) is 18.8. The van der Waals surface area contributed by atoms with Gasteiger partial charge in [0.25, 0.3) is 0 Å². The van der Waals surface area contributed by atoms with E-state index in [-0.39, 0.29) is 12.0 Å². The van der Waals surface area contributed by atoms with E-state index >= 15 is 0 Å². The molecule has 2 heterocycles. The van der Waals surface area contributed by atoms with Crippen molar-refractivity contribution in [3.8, 4) is 0 Å². The quantitative estimate of drug-likeness (QED) is 0.834. The van der Waals surface area contributed by atoms with E-state index in [1.165, 1.54) is 0 Å². The molecule has 5 nitrogen and oxygen atoms in total. The van der Waals surface area contributed by atoms with E-state index in [1.54, 1.807) is 16.2 Å². The van der Waals surface area contributed by atoms with Crippen molar-refractivity contribution in [2.45, 2.75) is 45.6 Å². The van der Waals surface area contributed by atoms with Crippen LogP contribution >= 0.6 is 11.3 Å². The number of likely N-dealkylation sites (tertiary alicyclic amines) is 1. The number of amides is 2. The molecule has 2 rings (SSSR count). The van der Waals surface area contributed by atoms with E-state index in [4.69, 9.17) is 4.74 Å². The molecule has 0 N–H and O–H groups in total. The molecule has 0 aromatic carbocycles. The van der Waals surface area contributed by atoms with Crippen molar-refractivity contribution in [3.63, 3.8) is 0 Å². The molecule has 6 heteroatoms. The first-order valence-electron chi connectivity index (χ1n) is 8.49. The molecule has 2 amide bonds.